The van der Waals surface area contributed by atoms with Crippen LogP contribution in [-0.4, -0.2) is 22.3 Å². The number of carboxylic acid groups (broad SMARTS) is 1. The number of carbonyl (C=O) groups is 1. The summed E-state index contributed by atoms with van der Waals surface area (Å²) >= 11 is 0. The standard InChI is InChI=1S/C11H18N2O2/c12-10-2-7-1-8(3-10)5-11(4-7,6-10)13-9(14)15/h7-8,13H,1-6,12H2,(H,14,15). The van der Waals surface area contributed by atoms with E-state index < -0.39 is 6.09 Å². The van der Waals surface area contributed by atoms with E-state index in [1.807, 2.05) is 0 Å². The van der Waals surface area contributed by atoms with Gasteiger partial charge in [-0.3, -0.25) is 0 Å². The minimum Gasteiger partial charge on any atom is -0.465 e. The second-order valence-electron chi connectivity index (χ2n) is 6.03. The molecule has 2 unspecified atom stereocenters. The third kappa shape index (κ3) is 1.42. The van der Waals surface area contributed by atoms with Gasteiger partial charge in [0.25, 0.3) is 0 Å². The van der Waals surface area contributed by atoms with Crippen molar-refractivity contribution >= 4 is 6.09 Å². The highest BCUT2D eigenvalue weighted by molar-refractivity contribution is 5.65. The van der Waals surface area contributed by atoms with Gasteiger partial charge < -0.3 is 16.2 Å². The van der Waals surface area contributed by atoms with Gasteiger partial charge in [0, 0.05) is 11.1 Å². The molecule has 0 aromatic carbocycles. The van der Waals surface area contributed by atoms with Gasteiger partial charge in [0.1, 0.15) is 0 Å². The zero-order valence-electron chi connectivity index (χ0n) is 8.83. The Bertz CT molecular complexity index is 302. The summed E-state index contributed by atoms with van der Waals surface area (Å²) < 4.78 is 0. The van der Waals surface area contributed by atoms with Crippen LogP contribution in [0.25, 0.3) is 0 Å². The fourth-order valence-corrected chi connectivity index (χ4v) is 4.71. The number of rotatable bonds is 1. The SMILES string of the molecule is NC12CC3CC(C1)CC(NC(=O)O)(C3)C2. The Morgan fingerprint density at radius 3 is 2.33 bits per heavy atom. The lowest BCUT2D eigenvalue weighted by Gasteiger charge is -2.60. The van der Waals surface area contributed by atoms with Crippen molar-refractivity contribution in [3.05, 3.63) is 0 Å². The average Bonchev–Trinajstić information content (AvgIpc) is 1.94. The quantitative estimate of drug-likeness (QED) is 0.610. The maximum Gasteiger partial charge on any atom is 0.405 e. The molecule has 4 nitrogen and oxygen atoms in total. The molecule has 15 heavy (non-hydrogen) atoms. The average molecular weight is 210 g/mol. The molecule has 4 rings (SSSR count). The summed E-state index contributed by atoms with van der Waals surface area (Å²) in [5, 5.41) is 11.7. The van der Waals surface area contributed by atoms with Gasteiger partial charge in [0.2, 0.25) is 0 Å². The fraction of sp³-hybridized carbons (Fsp3) is 0.909. The van der Waals surface area contributed by atoms with Gasteiger partial charge in [0.05, 0.1) is 0 Å². The maximum absolute atomic E-state index is 10.8. The molecule has 1 amide bonds. The summed E-state index contributed by atoms with van der Waals surface area (Å²) in [5.74, 6) is 1.31. The summed E-state index contributed by atoms with van der Waals surface area (Å²) in [6.07, 6.45) is 5.45. The lowest BCUT2D eigenvalue weighted by atomic mass is 9.50. The Morgan fingerprint density at radius 2 is 1.87 bits per heavy atom. The van der Waals surface area contributed by atoms with Gasteiger partial charge in [0.15, 0.2) is 0 Å². The molecule has 4 aliphatic rings. The van der Waals surface area contributed by atoms with Crippen LogP contribution in [-0.2, 0) is 0 Å². The Labute approximate surface area is 89.2 Å². The summed E-state index contributed by atoms with van der Waals surface area (Å²) in [7, 11) is 0. The molecular formula is C11H18N2O2. The van der Waals surface area contributed by atoms with Crippen LogP contribution in [0, 0.1) is 11.8 Å². The topological polar surface area (TPSA) is 75.3 Å². The monoisotopic (exact) mass is 210 g/mol. The van der Waals surface area contributed by atoms with Crippen LogP contribution < -0.4 is 11.1 Å². The van der Waals surface area contributed by atoms with E-state index in [0.29, 0.717) is 11.8 Å². The van der Waals surface area contributed by atoms with Crippen LogP contribution >= 0.6 is 0 Å². The summed E-state index contributed by atoms with van der Waals surface area (Å²) in [6.45, 7) is 0. The van der Waals surface area contributed by atoms with Crippen molar-refractivity contribution in [2.75, 3.05) is 0 Å². The van der Waals surface area contributed by atoms with Crippen LogP contribution in [0.1, 0.15) is 38.5 Å². The van der Waals surface area contributed by atoms with E-state index in [1.165, 1.54) is 6.42 Å². The predicted molar refractivity (Wildman–Crippen MR) is 55.5 cm³/mol. The zero-order valence-corrected chi connectivity index (χ0v) is 8.83. The van der Waals surface area contributed by atoms with Crippen LogP contribution in [0.15, 0.2) is 0 Å². The second-order valence-corrected chi connectivity index (χ2v) is 6.03. The number of amides is 1. The molecule has 4 saturated carbocycles. The van der Waals surface area contributed by atoms with E-state index in [2.05, 4.69) is 5.32 Å². The molecule has 0 aliphatic heterocycles. The van der Waals surface area contributed by atoms with Crippen molar-refractivity contribution in [3.8, 4) is 0 Å². The van der Waals surface area contributed by atoms with E-state index in [4.69, 9.17) is 10.8 Å². The van der Waals surface area contributed by atoms with E-state index in [1.54, 1.807) is 0 Å². The molecule has 4 bridgehead atoms. The van der Waals surface area contributed by atoms with E-state index in [9.17, 15) is 4.79 Å². The molecule has 0 spiro atoms. The van der Waals surface area contributed by atoms with Crippen molar-refractivity contribution in [2.24, 2.45) is 17.6 Å². The molecule has 4 heteroatoms. The van der Waals surface area contributed by atoms with Crippen molar-refractivity contribution in [1.29, 1.82) is 0 Å². The molecule has 0 saturated heterocycles. The van der Waals surface area contributed by atoms with Gasteiger partial charge >= 0.3 is 6.09 Å². The molecule has 84 valence electrons. The molecule has 0 aromatic rings. The Kier molecular flexibility index (Phi) is 1.68. The first-order valence-electron chi connectivity index (χ1n) is 5.79. The summed E-state index contributed by atoms with van der Waals surface area (Å²) in [4.78, 5) is 10.8. The van der Waals surface area contributed by atoms with Crippen LogP contribution in [0.3, 0.4) is 0 Å². The zero-order chi connectivity index (χ0) is 10.7. The lowest BCUT2D eigenvalue weighted by Crippen LogP contribution is -2.68. The van der Waals surface area contributed by atoms with Gasteiger partial charge in [-0.05, 0) is 50.4 Å². The third-order valence-electron chi connectivity index (χ3n) is 4.48. The van der Waals surface area contributed by atoms with Crippen molar-refractivity contribution in [2.45, 2.75) is 49.6 Å². The van der Waals surface area contributed by atoms with Crippen LogP contribution in [0.4, 0.5) is 4.79 Å². The largest absolute Gasteiger partial charge is 0.465 e. The maximum atomic E-state index is 10.8. The van der Waals surface area contributed by atoms with Crippen molar-refractivity contribution < 1.29 is 9.90 Å². The first-order chi connectivity index (χ1) is 6.99. The number of hydrogen-bond acceptors (Lipinski definition) is 2. The van der Waals surface area contributed by atoms with E-state index in [-0.39, 0.29) is 11.1 Å². The van der Waals surface area contributed by atoms with Gasteiger partial charge in [-0.1, -0.05) is 0 Å². The summed E-state index contributed by atoms with van der Waals surface area (Å²) in [5.41, 5.74) is 6.08. The molecule has 4 N–H and O–H groups in total. The van der Waals surface area contributed by atoms with Crippen LogP contribution in [0.5, 0.6) is 0 Å². The minimum atomic E-state index is -0.888. The molecule has 0 aromatic heterocycles. The lowest BCUT2D eigenvalue weighted by molar-refractivity contribution is -0.0324. The smallest absolute Gasteiger partial charge is 0.405 e. The molecule has 2 atom stereocenters. The van der Waals surface area contributed by atoms with Gasteiger partial charge in [-0.25, -0.2) is 4.79 Å². The van der Waals surface area contributed by atoms with Gasteiger partial charge in [-0.15, -0.1) is 0 Å². The first-order valence-corrected chi connectivity index (χ1v) is 5.79. The Balaban J connectivity index is 1.89. The predicted octanol–water partition coefficient (Wildman–Crippen LogP) is 1.30. The normalized spacial score (nSPS) is 51.8. The van der Waals surface area contributed by atoms with Crippen molar-refractivity contribution in [1.82, 2.24) is 5.32 Å². The number of nitrogens with one attached hydrogen (secondary N) is 1. The fourth-order valence-electron chi connectivity index (χ4n) is 4.71. The highest BCUT2D eigenvalue weighted by atomic mass is 16.4. The number of nitrogens with two attached hydrogens (primary N) is 1. The van der Waals surface area contributed by atoms with E-state index in [0.717, 1.165) is 32.1 Å². The third-order valence-corrected chi connectivity index (χ3v) is 4.48. The Hall–Kier alpha value is -0.770. The molecule has 0 heterocycles. The highest BCUT2D eigenvalue weighted by Gasteiger charge is 2.56. The molecule has 4 fully saturated rings. The summed E-state index contributed by atoms with van der Waals surface area (Å²) in [6, 6.07) is 0. The molecule has 0 radical (unpaired) electrons. The number of hydrogen-bond donors (Lipinski definition) is 3. The Morgan fingerprint density at radius 1 is 1.27 bits per heavy atom. The van der Waals surface area contributed by atoms with Gasteiger partial charge in [-0.2, -0.15) is 0 Å². The first kappa shape index (κ1) is 9.46. The molecule has 4 aliphatic carbocycles. The minimum absolute atomic E-state index is 0.0769. The van der Waals surface area contributed by atoms with Crippen molar-refractivity contribution in [3.63, 3.8) is 0 Å². The van der Waals surface area contributed by atoms with E-state index >= 15 is 0 Å². The van der Waals surface area contributed by atoms with Crippen LogP contribution in [0.2, 0.25) is 0 Å². The molecular weight excluding hydrogens is 192 g/mol. The second kappa shape index (κ2) is 2.67. The highest BCUT2D eigenvalue weighted by Crippen LogP contribution is 2.56.